The Morgan fingerprint density at radius 3 is 2.90 bits per heavy atom. The summed E-state index contributed by atoms with van der Waals surface area (Å²) in [6.45, 7) is 3.19. The average molecular weight is 435 g/mol. The number of pyridine rings is 1. The van der Waals surface area contributed by atoms with Crippen molar-refractivity contribution in [1.29, 1.82) is 0 Å². The van der Waals surface area contributed by atoms with Gasteiger partial charge in [0.1, 0.15) is 17.4 Å². The predicted octanol–water partition coefficient (Wildman–Crippen LogP) is 4.50. The largest absolute Gasteiger partial charge is 0.385 e. The average Bonchev–Trinajstić information content (AvgIpc) is 3.42. The molecule has 0 unspecified atom stereocenters. The van der Waals surface area contributed by atoms with Crippen molar-refractivity contribution in [2.24, 2.45) is 0 Å². The van der Waals surface area contributed by atoms with E-state index < -0.39 is 6.10 Å². The van der Waals surface area contributed by atoms with E-state index in [-0.39, 0.29) is 11.9 Å². The molecule has 1 N–H and O–H groups in total. The van der Waals surface area contributed by atoms with E-state index in [1.165, 1.54) is 5.56 Å². The van der Waals surface area contributed by atoms with Crippen molar-refractivity contribution < 1.29 is 9.90 Å². The summed E-state index contributed by atoms with van der Waals surface area (Å²) in [6.07, 6.45) is 4.28. The van der Waals surface area contributed by atoms with E-state index in [4.69, 9.17) is 4.98 Å². The Hall–Kier alpha value is -2.77. The maximum absolute atomic E-state index is 13.0. The van der Waals surface area contributed by atoms with E-state index in [2.05, 4.69) is 21.7 Å². The van der Waals surface area contributed by atoms with Crippen molar-refractivity contribution in [2.45, 2.75) is 44.8 Å². The highest BCUT2D eigenvalue weighted by Crippen LogP contribution is 2.35. The van der Waals surface area contributed by atoms with Crippen LogP contribution < -0.4 is 0 Å². The molecule has 4 aromatic rings. The molecule has 2 atom stereocenters. The van der Waals surface area contributed by atoms with Gasteiger partial charge in [-0.05, 0) is 43.2 Å². The summed E-state index contributed by atoms with van der Waals surface area (Å²) in [5.74, 6) is 0.848. The van der Waals surface area contributed by atoms with Crippen LogP contribution in [0.2, 0.25) is 0 Å². The topological polar surface area (TPSA) is 71.2 Å². The number of aromatic nitrogens is 3. The molecule has 1 aliphatic heterocycles. The molecule has 1 amide bonds. The number of benzene rings is 1. The highest BCUT2D eigenvalue weighted by molar-refractivity contribution is 7.18. The van der Waals surface area contributed by atoms with E-state index in [1.54, 1.807) is 24.5 Å². The molecule has 160 valence electrons. The van der Waals surface area contributed by atoms with E-state index in [9.17, 15) is 9.90 Å². The van der Waals surface area contributed by atoms with Crippen LogP contribution in [-0.4, -0.2) is 43.5 Å². The van der Waals surface area contributed by atoms with Crippen LogP contribution in [0.5, 0.6) is 0 Å². The molecule has 1 aliphatic rings. The summed E-state index contributed by atoms with van der Waals surface area (Å²) in [5.41, 5.74) is 3.97. The molecule has 0 aliphatic carbocycles. The third-order valence-electron chi connectivity index (χ3n) is 6.11. The standard InChI is InChI=1S/C24H26N4O2S/c1-16(29)24-26-20-14-25-19-11-13-31-23(19)22(20)28(24)18-8-5-12-27(15-18)21(30)10-9-17-6-3-2-4-7-17/h2-4,6-7,11,13-14,16,18,29H,5,8-10,12,15H2,1H3/t16-,18+/m1/s1. The van der Waals surface area contributed by atoms with Gasteiger partial charge in [0.25, 0.3) is 0 Å². The van der Waals surface area contributed by atoms with E-state index in [0.29, 0.717) is 18.8 Å². The SMILES string of the molecule is C[C@@H](O)c1nc2cnc3ccsc3c2n1[C@H]1CCCN(C(=O)CCc2ccccc2)C1. The fraction of sp³-hybridized carbons (Fsp3) is 0.375. The van der Waals surface area contributed by atoms with Gasteiger partial charge in [0.05, 0.1) is 28.0 Å². The fourth-order valence-electron chi connectivity index (χ4n) is 4.61. The van der Waals surface area contributed by atoms with Gasteiger partial charge in [-0.25, -0.2) is 4.98 Å². The summed E-state index contributed by atoms with van der Waals surface area (Å²) in [4.78, 5) is 24.2. The molecular formula is C24H26N4O2S. The number of fused-ring (bicyclic) bond motifs is 3. The summed E-state index contributed by atoms with van der Waals surface area (Å²) in [7, 11) is 0. The molecular weight excluding hydrogens is 408 g/mol. The lowest BCUT2D eigenvalue weighted by Gasteiger charge is -2.35. The lowest BCUT2D eigenvalue weighted by atomic mass is 10.0. The Labute approximate surface area is 185 Å². The normalized spacial score (nSPS) is 18.0. The van der Waals surface area contributed by atoms with Crippen LogP contribution in [0.1, 0.15) is 49.7 Å². The second-order valence-corrected chi connectivity index (χ2v) is 9.18. The first-order valence-corrected chi connectivity index (χ1v) is 11.7. The number of carbonyl (C=O) groups excluding carboxylic acids is 1. The van der Waals surface area contributed by atoms with Gasteiger partial charge >= 0.3 is 0 Å². The zero-order valence-electron chi connectivity index (χ0n) is 17.6. The van der Waals surface area contributed by atoms with Gasteiger partial charge in [-0.2, -0.15) is 0 Å². The number of aliphatic hydroxyl groups excluding tert-OH is 1. The molecule has 0 spiro atoms. The van der Waals surface area contributed by atoms with E-state index in [1.807, 2.05) is 34.5 Å². The highest BCUT2D eigenvalue weighted by Gasteiger charge is 2.29. The Balaban J connectivity index is 1.44. The summed E-state index contributed by atoms with van der Waals surface area (Å²) >= 11 is 1.65. The summed E-state index contributed by atoms with van der Waals surface area (Å²) in [5, 5.41) is 12.5. The molecule has 0 bridgehead atoms. The molecule has 1 aromatic carbocycles. The van der Waals surface area contributed by atoms with E-state index >= 15 is 0 Å². The maximum Gasteiger partial charge on any atom is 0.222 e. The van der Waals surface area contributed by atoms with Crippen molar-refractivity contribution >= 4 is 38.5 Å². The Kier molecular flexibility index (Phi) is 5.46. The molecule has 1 saturated heterocycles. The minimum Gasteiger partial charge on any atom is -0.385 e. The second-order valence-electron chi connectivity index (χ2n) is 8.26. The Bertz CT molecular complexity index is 1210. The number of piperidine rings is 1. The Morgan fingerprint density at radius 2 is 2.10 bits per heavy atom. The first-order chi connectivity index (χ1) is 15.1. The first kappa shape index (κ1) is 20.2. The van der Waals surface area contributed by atoms with Crippen LogP contribution in [0.15, 0.2) is 48.0 Å². The monoisotopic (exact) mass is 434 g/mol. The van der Waals surface area contributed by atoms with Crippen LogP contribution in [0.25, 0.3) is 21.3 Å². The second kappa shape index (κ2) is 8.40. The minimum atomic E-state index is -0.688. The number of imidazole rings is 1. The van der Waals surface area contributed by atoms with Gasteiger partial charge in [-0.15, -0.1) is 11.3 Å². The Morgan fingerprint density at radius 1 is 1.26 bits per heavy atom. The molecule has 31 heavy (non-hydrogen) atoms. The van der Waals surface area contributed by atoms with Gasteiger partial charge < -0.3 is 14.6 Å². The molecule has 3 aromatic heterocycles. The van der Waals surface area contributed by atoms with Crippen LogP contribution in [0.4, 0.5) is 0 Å². The molecule has 0 radical (unpaired) electrons. The number of hydrogen-bond acceptors (Lipinski definition) is 5. The molecule has 4 heterocycles. The highest BCUT2D eigenvalue weighted by atomic mass is 32.1. The number of aliphatic hydroxyl groups is 1. The van der Waals surface area contributed by atoms with Crippen LogP contribution in [-0.2, 0) is 11.2 Å². The predicted molar refractivity (Wildman–Crippen MR) is 123 cm³/mol. The van der Waals surface area contributed by atoms with Crippen molar-refractivity contribution in [3.8, 4) is 0 Å². The third-order valence-corrected chi connectivity index (χ3v) is 7.02. The zero-order valence-corrected chi connectivity index (χ0v) is 18.4. The summed E-state index contributed by atoms with van der Waals surface area (Å²) in [6, 6.07) is 12.3. The zero-order chi connectivity index (χ0) is 21.4. The lowest BCUT2D eigenvalue weighted by molar-refractivity contribution is -0.132. The van der Waals surface area contributed by atoms with Crippen molar-refractivity contribution in [3.63, 3.8) is 0 Å². The number of rotatable bonds is 5. The van der Waals surface area contributed by atoms with Crippen molar-refractivity contribution in [2.75, 3.05) is 13.1 Å². The molecule has 6 nitrogen and oxygen atoms in total. The van der Waals surface area contributed by atoms with Gasteiger partial charge in [0, 0.05) is 19.5 Å². The van der Waals surface area contributed by atoms with Gasteiger partial charge in [0.2, 0.25) is 5.91 Å². The van der Waals surface area contributed by atoms with Gasteiger partial charge in [-0.3, -0.25) is 9.78 Å². The van der Waals surface area contributed by atoms with Crippen molar-refractivity contribution in [3.05, 3.63) is 59.4 Å². The van der Waals surface area contributed by atoms with Gasteiger partial charge in [-0.1, -0.05) is 30.3 Å². The maximum atomic E-state index is 13.0. The van der Waals surface area contributed by atoms with Crippen LogP contribution >= 0.6 is 11.3 Å². The number of nitrogens with zero attached hydrogens (tertiary/aromatic N) is 4. The number of thiophene rings is 1. The van der Waals surface area contributed by atoms with Crippen LogP contribution in [0.3, 0.4) is 0 Å². The van der Waals surface area contributed by atoms with Crippen LogP contribution in [0, 0.1) is 0 Å². The number of hydrogen-bond donors (Lipinski definition) is 1. The number of carbonyl (C=O) groups is 1. The number of amides is 1. The third kappa shape index (κ3) is 3.83. The minimum absolute atomic E-state index is 0.0942. The van der Waals surface area contributed by atoms with Gasteiger partial charge in [0.15, 0.2) is 0 Å². The summed E-state index contributed by atoms with van der Waals surface area (Å²) < 4.78 is 3.27. The first-order valence-electron chi connectivity index (χ1n) is 10.9. The molecule has 1 fully saturated rings. The lowest BCUT2D eigenvalue weighted by Crippen LogP contribution is -2.41. The molecule has 5 rings (SSSR count). The quantitative estimate of drug-likeness (QED) is 0.502. The molecule has 7 heteroatoms. The van der Waals surface area contributed by atoms with E-state index in [0.717, 1.165) is 47.1 Å². The number of likely N-dealkylation sites (tertiary alicyclic amines) is 1. The molecule has 0 saturated carbocycles. The van der Waals surface area contributed by atoms with Crippen molar-refractivity contribution in [1.82, 2.24) is 19.4 Å². The smallest absolute Gasteiger partial charge is 0.222 e. The fourth-order valence-corrected chi connectivity index (χ4v) is 5.50. The number of aryl methyl sites for hydroxylation is 1.